The van der Waals surface area contributed by atoms with Gasteiger partial charge < -0.3 is 59.3 Å². The lowest BCUT2D eigenvalue weighted by molar-refractivity contribution is -0.397. The lowest BCUT2D eigenvalue weighted by Crippen LogP contribution is -2.81. The summed E-state index contributed by atoms with van der Waals surface area (Å²) in [5.41, 5.74) is -3.50. The van der Waals surface area contributed by atoms with Crippen LogP contribution in [0.15, 0.2) is 22.8 Å². The molecular formula is C30H43NO12. The number of ether oxygens (including phenoxy) is 4. The monoisotopic (exact) mass is 609 g/mol. The maximum atomic E-state index is 12.4. The fraction of sp³-hybridized carbons (Fsp3) is 0.700. The average molecular weight is 610 g/mol. The van der Waals surface area contributed by atoms with E-state index in [1.54, 1.807) is 26.1 Å². The minimum atomic E-state index is -2.32. The van der Waals surface area contributed by atoms with Crippen molar-refractivity contribution in [2.24, 2.45) is 17.8 Å². The van der Waals surface area contributed by atoms with E-state index >= 15 is 0 Å². The second kappa shape index (κ2) is 12.9. The molecule has 9 atom stereocenters. The van der Waals surface area contributed by atoms with Crippen molar-refractivity contribution >= 4 is 16.9 Å². The Balaban J connectivity index is 1.62. The number of fused-ring (bicyclic) bond motifs is 5. The number of likely N-dealkylation sites (N-methyl/N-ethyl adjacent to an activating group) is 1. The first kappa shape index (κ1) is 31.9. The van der Waals surface area contributed by atoms with Crippen LogP contribution in [0.25, 0.3) is 11.0 Å². The summed E-state index contributed by atoms with van der Waals surface area (Å²) in [6.45, 7) is 1.44. The number of hydrogen-bond donors (Lipinski definition) is 7. The summed E-state index contributed by atoms with van der Waals surface area (Å²) >= 11 is 0. The summed E-state index contributed by atoms with van der Waals surface area (Å²) in [7, 11) is 1.76. The number of carbonyl (C=O) groups is 1. The lowest BCUT2D eigenvalue weighted by Gasteiger charge is -2.64. The Labute approximate surface area is 249 Å². The van der Waals surface area contributed by atoms with E-state index in [0.29, 0.717) is 35.9 Å². The number of rotatable bonds is 12. The normalized spacial score (nSPS) is 35.4. The SMILES string of the molecule is CCOC(=O)CCc1cc2ccoc2c(OCCNC)c1O[C@@H]1O[C@H](CO)[C@]2(O)C[C@@H]3CC[C@H](O)[C@H](CO)[C@H]3[C@@]1(O)[C@H]2O. The summed E-state index contributed by atoms with van der Waals surface area (Å²) in [6, 6.07) is 3.49. The van der Waals surface area contributed by atoms with Crippen molar-refractivity contribution in [3.8, 4) is 11.5 Å². The van der Waals surface area contributed by atoms with Gasteiger partial charge in [-0.05, 0) is 63.3 Å². The molecule has 0 amide bonds. The van der Waals surface area contributed by atoms with Crippen molar-refractivity contribution in [2.45, 2.75) is 74.8 Å². The molecule has 2 aliphatic carbocycles. The predicted octanol–water partition coefficient (Wildman–Crippen LogP) is -0.155. The number of benzene rings is 1. The van der Waals surface area contributed by atoms with E-state index < -0.39 is 72.7 Å². The highest BCUT2D eigenvalue weighted by atomic mass is 16.7. The van der Waals surface area contributed by atoms with Crippen LogP contribution in [0.5, 0.6) is 11.5 Å². The molecule has 2 bridgehead atoms. The van der Waals surface area contributed by atoms with Gasteiger partial charge >= 0.3 is 5.97 Å². The smallest absolute Gasteiger partial charge is 0.306 e. The van der Waals surface area contributed by atoms with Crippen LogP contribution in [-0.4, -0.2) is 112 Å². The van der Waals surface area contributed by atoms with Crippen LogP contribution in [0.2, 0.25) is 0 Å². The van der Waals surface area contributed by atoms with E-state index in [4.69, 9.17) is 23.4 Å². The molecule has 13 heteroatoms. The number of aryl methyl sites for hydroxylation is 1. The third kappa shape index (κ3) is 5.50. The second-order valence-electron chi connectivity index (χ2n) is 11.8. The van der Waals surface area contributed by atoms with Gasteiger partial charge in [0, 0.05) is 36.8 Å². The van der Waals surface area contributed by atoms with Gasteiger partial charge in [0.2, 0.25) is 12.0 Å². The van der Waals surface area contributed by atoms with Crippen LogP contribution in [-0.2, 0) is 20.7 Å². The summed E-state index contributed by atoms with van der Waals surface area (Å²) in [5, 5.41) is 70.7. The topological polar surface area (TPSA) is 201 Å². The Morgan fingerprint density at radius 1 is 1.16 bits per heavy atom. The molecule has 3 aliphatic rings. The standard InChI is InChI=1S/C30H43NO12/c1-3-39-22(35)7-5-16-12-17-8-10-40-24(17)26(41-11-9-31-2)25(16)43-28-30(38)23-18(4-6-20(34)19(23)14-32)13-29(37,27(30)36)21(15-33)42-28/h8,10,12,18-21,23,27-28,31-34,36-38H,3-7,9,11,13-15H2,1-2H3/t18-,19-,20-,21+,23-,27-,28-,29+,30+/m0/s1. The van der Waals surface area contributed by atoms with Crippen LogP contribution >= 0.6 is 0 Å². The Kier molecular flexibility index (Phi) is 9.54. The number of hydrogen-bond acceptors (Lipinski definition) is 13. The summed E-state index contributed by atoms with van der Waals surface area (Å²) in [6.07, 6.45) is -3.47. The van der Waals surface area contributed by atoms with Gasteiger partial charge in [-0.15, -0.1) is 0 Å². The molecule has 7 N–H and O–H groups in total. The lowest BCUT2D eigenvalue weighted by atomic mass is 9.51. The van der Waals surface area contributed by atoms with Crippen molar-refractivity contribution in [1.29, 1.82) is 0 Å². The Morgan fingerprint density at radius 3 is 2.65 bits per heavy atom. The number of carbonyl (C=O) groups excluding carboxylic acids is 1. The molecule has 1 saturated heterocycles. The van der Waals surface area contributed by atoms with Crippen molar-refractivity contribution < 1.29 is 58.8 Å². The van der Waals surface area contributed by atoms with E-state index in [2.05, 4.69) is 5.32 Å². The van der Waals surface area contributed by atoms with E-state index in [9.17, 15) is 35.4 Å². The zero-order chi connectivity index (χ0) is 30.9. The van der Waals surface area contributed by atoms with Gasteiger partial charge in [0.25, 0.3) is 0 Å². The first-order valence-corrected chi connectivity index (χ1v) is 14.9. The molecule has 1 aliphatic heterocycles. The third-order valence-corrected chi connectivity index (χ3v) is 9.39. The van der Waals surface area contributed by atoms with Gasteiger partial charge in [-0.1, -0.05) is 0 Å². The molecule has 2 aromatic rings. The van der Waals surface area contributed by atoms with Crippen LogP contribution in [0.1, 0.15) is 38.2 Å². The van der Waals surface area contributed by atoms with Crippen LogP contribution in [0.3, 0.4) is 0 Å². The molecular weight excluding hydrogens is 566 g/mol. The first-order chi connectivity index (χ1) is 20.6. The second-order valence-corrected chi connectivity index (χ2v) is 11.8. The van der Waals surface area contributed by atoms with E-state index in [0.717, 1.165) is 0 Å². The molecule has 1 aromatic carbocycles. The molecule has 0 radical (unpaired) electrons. The van der Waals surface area contributed by atoms with Gasteiger partial charge in [0.1, 0.15) is 24.4 Å². The predicted molar refractivity (Wildman–Crippen MR) is 150 cm³/mol. The molecule has 2 saturated carbocycles. The zero-order valence-electron chi connectivity index (χ0n) is 24.5. The number of aliphatic hydroxyl groups excluding tert-OH is 4. The fourth-order valence-corrected chi connectivity index (χ4v) is 7.36. The molecule has 0 spiro atoms. The van der Waals surface area contributed by atoms with Crippen molar-refractivity contribution in [2.75, 3.05) is 40.0 Å². The minimum absolute atomic E-state index is 0.00439. The third-order valence-electron chi connectivity index (χ3n) is 9.39. The van der Waals surface area contributed by atoms with Gasteiger partial charge in [0.15, 0.2) is 16.9 Å². The Hall–Kier alpha value is -2.49. The average Bonchev–Trinajstić information content (AvgIpc) is 3.46. The Morgan fingerprint density at radius 2 is 1.95 bits per heavy atom. The summed E-state index contributed by atoms with van der Waals surface area (Å²) in [4.78, 5) is 12.3. The minimum Gasteiger partial charge on any atom is -0.485 e. The fourth-order valence-electron chi connectivity index (χ4n) is 7.36. The highest BCUT2D eigenvalue weighted by molar-refractivity contribution is 5.87. The Bertz CT molecular complexity index is 1270. The molecule has 0 unspecified atom stereocenters. The van der Waals surface area contributed by atoms with Crippen LogP contribution in [0, 0.1) is 17.8 Å². The van der Waals surface area contributed by atoms with Crippen LogP contribution in [0.4, 0.5) is 0 Å². The first-order valence-electron chi connectivity index (χ1n) is 14.9. The molecule has 5 rings (SSSR count). The van der Waals surface area contributed by atoms with Gasteiger partial charge in [-0.25, -0.2) is 0 Å². The number of furan rings is 1. The highest BCUT2D eigenvalue weighted by Gasteiger charge is 2.72. The number of esters is 1. The highest BCUT2D eigenvalue weighted by Crippen LogP contribution is 2.58. The molecule has 3 fully saturated rings. The van der Waals surface area contributed by atoms with E-state index in [1.165, 1.54) is 6.26 Å². The van der Waals surface area contributed by atoms with Gasteiger partial charge in [0.05, 0.1) is 25.6 Å². The molecule has 43 heavy (non-hydrogen) atoms. The number of aliphatic hydroxyl groups is 6. The molecule has 1 aromatic heterocycles. The van der Waals surface area contributed by atoms with Crippen molar-refractivity contribution in [3.05, 3.63) is 24.0 Å². The quantitative estimate of drug-likeness (QED) is 0.124. The molecule has 2 heterocycles. The summed E-state index contributed by atoms with van der Waals surface area (Å²) in [5.74, 6) is -2.37. The van der Waals surface area contributed by atoms with Gasteiger partial charge in [-0.3, -0.25) is 4.79 Å². The van der Waals surface area contributed by atoms with Crippen molar-refractivity contribution in [3.63, 3.8) is 0 Å². The van der Waals surface area contributed by atoms with Crippen molar-refractivity contribution in [1.82, 2.24) is 5.32 Å². The largest absolute Gasteiger partial charge is 0.485 e. The van der Waals surface area contributed by atoms with E-state index in [1.807, 2.05) is 0 Å². The van der Waals surface area contributed by atoms with E-state index in [-0.39, 0.29) is 44.0 Å². The molecule has 240 valence electrons. The zero-order valence-corrected chi connectivity index (χ0v) is 24.5. The summed E-state index contributed by atoms with van der Waals surface area (Å²) < 4.78 is 29.5. The molecule has 13 nitrogen and oxygen atoms in total. The number of nitrogens with one attached hydrogen (secondary N) is 1. The van der Waals surface area contributed by atoms with Crippen LogP contribution < -0.4 is 14.8 Å². The maximum absolute atomic E-state index is 12.4. The maximum Gasteiger partial charge on any atom is 0.306 e. The van der Waals surface area contributed by atoms with Gasteiger partial charge in [-0.2, -0.15) is 0 Å².